The summed E-state index contributed by atoms with van der Waals surface area (Å²) in [5.74, 6) is 0.401. The predicted molar refractivity (Wildman–Crippen MR) is 65.7 cm³/mol. The van der Waals surface area contributed by atoms with Crippen LogP contribution < -0.4 is 5.32 Å². The molecule has 1 amide bonds. The van der Waals surface area contributed by atoms with Crippen molar-refractivity contribution >= 4 is 5.91 Å². The monoisotopic (exact) mass is 244 g/mol. The zero-order valence-corrected chi connectivity index (χ0v) is 10.8. The van der Waals surface area contributed by atoms with Crippen LogP contribution in [0.3, 0.4) is 0 Å². The van der Waals surface area contributed by atoms with Crippen molar-refractivity contribution in [3.63, 3.8) is 0 Å². The van der Waals surface area contributed by atoms with Crippen molar-refractivity contribution in [3.8, 4) is 0 Å². The Morgan fingerprint density at radius 1 is 1.65 bits per heavy atom. The predicted octanol–water partition coefficient (Wildman–Crippen LogP) is -0.158. The van der Waals surface area contributed by atoms with E-state index in [4.69, 9.17) is 9.84 Å². The van der Waals surface area contributed by atoms with Gasteiger partial charge in [0.25, 0.3) is 0 Å². The molecule has 5 nitrogen and oxygen atoms in total. The number of carbonyl (C=O) groups excluding carboxylic acids is 1. The van der Waals surface area contributed by atoms with Gasteiger partial charge in [-0.25, -0.2) is 0 Å². The molecule has 1 rings (SSSR count). The molecule has 5 heteroatoms. The maximum Gasteiger partial charge on any atom is 0.237 e. The highest BCUT2D eigenvalue weighted by molar-refractivity contribution is 5.81. The van der Waals surface area contributed by atoms with Crippen LogP contribution in [0.4, 0.5) is 0 Å². The molecule has 2 unspecified atom stereocenters. The van der Waals surface area contributed by atoms with Crippen LogP contribution in [0.2, 0.25) is 0 Å². The van der Waals surface area contributed by atoms with E-state index in [1.165, 1.54) is 0 Å². The molecule has 0 spiro atoms. The number of aliphatic hydroxyl groups excluding tert-OH is 1. The molecule has 1 aliphatic heterocycles. The third-order valence-corrected chi connectivity index (χ3v) is 3.33. The van der Waals surface area contributed by atoms with E-state index in [0.29, 0.717) is 19.1 Å². The maximum atomic E-state index is 11.8. The summed E-state index contributed by atoms with van der Waals surface area (Å²) in [4.78, 5) is 14.0. The molecule has 1 saturated heterocycles. The van der Waals surface area contributed by atoms with Gasteiger partial charge in [-0.05, 0) is 32.2 Å². The topological polar surface area (TPSA) is 61.8 Å². The van der Waals surface area contributed by atoms with Gasteiger partial charge in [0, 0.05) is 33.4 Å². The first-order chi connectivity index (χ1) is 8.19. The van der Waals surface area contributed by atoms with E-state index in [9.17, 15) is 4.79 Å². The van der Waals surface area contributed by atoms with Gasteiger partial charge in [-0.1, -0.05) is 0 Å². The van der Waals surface area contributed by atoms with Gasteiger partial charge in [-0.3, -0.25) is 9.69 Å². The van der Waals surface area contributed by atoms with Crippen LogP contribution in [0.15, 0.2) is 0 Å². The lowest BCUT2D eigenvalue weighted by molar-refractivity contribution is -0.125. The molecule has 0 saturated carbocycles. The normalized spacial score (nSPS) is 22.6. The number of likely N-dealkylation sites (tertiary alicyclic amines) is 1. The minimum atomic E-state index is -0.103. The molecule has 17 heavy (non-hydrogen) atoms. The lowest BCUT2D eigenvalue weighted by atomic mass is 10.1. The van der Waals surface area contributed by atoms with E-state index in [1.807, 2.05) is 6.92 Å². The number of nitrogens with one attached hydrogen (secondary N) is 1. The maximum absolute atomic E-state index is 11.8. The van der Waals surface area contributed by atoms with E-state index in [-0.39, 0.29) is 18.6 Å². The Morgan fingerprint density at radius 3 is 3.00 bits per heavy atom. The van der Waals surface area contributed by atoms with Crippen LogP contribution in [-0.4, -0.2) is 61.9 Å². The summed E-state index contributed by atoms with van der Waals surface area (Å²) >= 11 is 0. The first-order valence-corrected chi connectivity index (χ1v) is 6.30. The largest absolute Gasteiger partial charge is 0.396 e. The summed E-state index contributed by atoms with van der Waals surface area (Å²) in [5.41, 5.74) is 0. The highest BCUT2D eigenvalue weighted by Crippen LogP contribution is 2.17. The lowest BCUT2D eigenvalue weighted by Crippen LogP contribution is -2.44. The highest BCUT2D eigenvalue weighted by atomic mass is 16.5. The van der Waals surface area contributed by atoms with Crippen LogP contribution >= 0.6 is 0 Å². The SMILES string of the molecule is COCCCNC(=O)C(C)N1CCC(CO)C1. The molecule has 100 valence electrons. The standard InChI is InChI=1S/C12H24N2O3/c1-10(12(16)13-5-3-7-17-2)14-6-4-11(8-14)9-15/h10-11,15H,3-9H2,1-2H3,(H,13,16). The minimum absolute atomic E-state index is 0.0692. The zero-order chi connectivity index (χ0) is 12.7. The van der Waals surface area contributed by atoms with Crippen LogP contribution in [0, 0.1) is 5.92 Å². The Kier molecular flexibility index (Phi) is 6.47. The van der Waals surface area contributed by atoms with E-state index >= 15 is 0 Å². The molecule has 0 aromatic carbocycles. The van der Waals surface area contributed by atoms with Gasteiger partial charge >= 0.3 is 0 Å². The Hall–Kier alpha value is -0.650. The van der Waals surface area contributed by atoms with Crippen molar-refractivity contribution in [1.29, 1.82) is 0 Å². The zero-order valence-electron chi connectivity index (χ0n) is 10.8. The van der Waals surface area contributed by atoms with E-state index < -0.39 is 0 Å². The summed E-state index contributed by atoms with van der Waals surface area (Å²) in [5, 5.41) is 12.0. The smallest absolute Gasteiger partial charge is 0.237 e. The third kappa shape index (κ3) is 4.61. The molecule has 0 aliphatic carbocycles. The molecule has 1 fully saturated rings. The quantitative estimate of drug-likeness (QED) is 0.611. The number of ether oxygens (including phenoxy) is 1. The van der Waals surface area contributed by atoms with Crippen LogP contribution in [0.1, 0.15) is 19.8 Å². The first-order valence-electron chi connectivity index (χ1n) is 6.30. The number of rotatable bonds is 7. The first kappa shape index (κ1) is 14.4. The molecule has 0 aromatic heterocycles. The third-order valence-electron chi connectivity index (χ3n) is 3.33. The molecule has 0 bridgehead atoms. The van der Waals surface area contributed by atoms with Crippen LogP contribution in [0.25, 0.3) is 0 Å². The fraction of sp³-hybridized carbons (Fsp3) is 0.917. The van der Waals surface area contributed by atoms with E-state index in [2.05, 4.69) is 10.2 Å². The van der Waals surface area contributed by atoms with Crippen LogP contribution in [0.5, 0.6) is 0 Å². The van der Waals surface area contributed by atoms with Crippen molar-refractivity contribution in [3.05, 3.63) is 0 Å². The minimum Gasteiger partial charge on any atom is -0.396 e. The lowest BCUT2D eigenvalue weighted by Gasteiger charge is -2.23. The van der Waals surface area contributed by atoms with Crippen molar-refractivity contribution in [2.45, 2.75) is 25.8 Å². The Bertz CT molecular complexity index is 236. The Morgan fingerprint density at radius 2 is 2.41 bits per heavy atom. The average molecular weight is 244 g/mol. The van der Waals surface area contributed by atoms with Crippen molar-refractivity contribution in [2.24, 2.45) is 5.92 Å². The second kappa shape index (κ2) is 7.63. The number of aliphatic hydroxyl groups is 1. The van der Waals surface area contributed by atoms with Crippen molar-refractivity contribution in [2.75, 3.05) is 40.0 Å². The second-order valence-corrected chi connectivity index (χ2v) is 4.65. The van der Waals surface area contributed by atoms with Gasteiger partial charge in [0.15, 0.2) is 0 Å². The molecule has 1 heterocycles. The second-order valence-electron chi connectivity index (χ2n) is 4.65. The Balaban J connectivity index is 2.22. The van der Waals surface area contributed by atoms with Crippen molar-refractivity contribution < 1.29 is 14.6 Å². The van der Waals surface area contributed by atoms with E-state index in [0.717, 1.165) is 25.9 Å². The molecule has 0 aromatic rings. The number of hydrogen-bond acceptors (Lipinski definition) is 4. The van der Waals surface area contributed by atoms with Crippen LogP contribution in [-0.2, 0) is 9.53 Å². The van der Waals surface area contributed by atoms with Crippen molar-refractivity contribution in [1.82, 2.24) is 10.2 Å². The number of nitrogens with zero attached hydrogens (tertiary/aromatic N) is 1. The fourth-order valence-corrected chi connectivity index (χ4v) is 2.11. The summed E-state index contributed by atoms with van der Waals surface area (Å²) in [6.45, 7) is 5.20. The fourth-order valence-electron chi connectivity index (χ4n) is 2.11. The molecular formula is C12H24N2O3. The number of carbonyl (C=O) groups is 1. The van der Waals surface area contributed by atoms with Gasteiger partial charge < -0.3 is 15.2 Å². The van der Waals surface area contributed by atoms with Gasteiger partial charge in [-0.15, -0.1) is 0 Å². The average Bonchev–Trinajstić information content (AvgIpc) is 2.82. The number of methoxy groups -OCH3 is 1. The summed E-state index contributed by atoms with van der Waals surface area (Å²) < 4.78 is 4.92. The number of hydrogen-bond donors (Lipinski definition) is 2. The summed E-state index contributed by atoms with van der Waals surface area (Å²) in [7, 11) is 1.66. The number of amides is 1. The molecule has 2 N–H and O–H groups in total. The van der Waals surface area contributed by atoms with Gasteiger partial charge in [0.2, 0.25) is 5.91 Å². The molecule has 0 radical (unpaired) electrons. The molecular weight excluding hydrogens is 220 g/mol. The van der Waals surface area contributed by atoms with E-state index in [1.54, 1.807) is 7.11 Å². The van der Waals surface area contributed by atoms with Gasteiger partial charge in [0.1, 0.15) is 0 Å². The highest BCUT2D eigenvalue weighted by Gasteiger charge is 2.28. The summed E-state index contributed by atoms with van der Waals surface area (Å²) in [6, 6.07) is -0.103. The summed E-state index contributed by atoms with van der Waals surface area (Å²) in [6.07, 6.45) is 1.83. The molecule has 2 atom stereocenters. The molecule has 1 aliphatic rings. The Labute approximate surface area is 103 Å². The van der Waals surface area contributed by atoms with Gasteiger partial charge in [0.05, 0.1) is 6.04 Å². The van der Waals surface area contributed by atoms with Gasteiger partial charge in [-0.2, -0.15) is 0 Å².